The quantitative estimate of drug-likeness (QED) is 0.777. The third-order valence-corrected chi connectivity index (χ3v) is 2.79. The molecule has 0 aromatic carbocycles. The van der Waals surface area contributed by atoms with E-state index in [0.29, 0.717) is 0 Å². The molecule has 2 aromatic heterocycles. The third-order valence-electron chi connectivity index (χ3n) is 2.79. The Hall–Kier alpha value is -1.81. The van der Waals surface area contributed by atoms with Crippen LogP contribution in [0.2, 0.25) is 0 Å². The van der Waals surface area contributed by atoms with Crippen LogP contribution >= 0.6 is 0 Å². The number of aromatic nitrogens is 3. The molecule has 4 heteroatoms. The van der Waals surface area contributed by atoms with E-state index in [9.17, 15) is 0 Å². The minimum absolute atomic E-state index is 0.723. The van der Waals surface area contributed by atoms with Crippen molar-refractivity contribution in [2.24, 2.45) is 0 Å². The van der Waals surface area contributed by atoms with E-state index in [1.807, 2.05) is 25.1 Å². The van der Waals surface area contributed by atoms with Gasteiger partial charge in [0.15, 0.2) is 5.82 Å². The lowest BCUT2D eigenvalue weighted by Gasteiger charge is -2.05. The van der Waals surface area contributed by atoms with Crippen molar-refractivity contribution in [3.63, 3.8) is 0 Å². The Labute approximate surface area is 93.8 Å². The largest absolute Gasteiger partial charge is 0.307 e. The van der Waals surface area contributed by atoms with Crippen LogP contribution in [0.1, 0.15) is 17.0 Å². The molecule has 0 fully saturated rings. The molecule has 0 unspecified atom stereocenters. The Morgan fingerprint density at radius 3 is 2.94 bits per heavy atom. The number of nitrogens with one attached hydrogen (secondary N) is 1. The van der Waals surface area contributed by atoms with Gasteiger partial charge in [-0.05, 0) is 19.1 Å². The van der Waals surface area contributed by atoms with Crippen LogP contribution in [-0.4, -0.2) is 15.0 Å². The normalized spacial score (nSPS) is 13.8. The Morgan fingerprint density at radius 1 is 1.19 bits per heavy atom. The highest BCUT2D eigenvalue weighted by molar-refractivity contribution is 5.50. The molecule has 0 bridgehead atoms. The van der Waals surface area contributed by atoms with E-state index >= 15 is 0 Å². The molecule has 1 N–H and O–H groups in total. The number of hydrogen-bond donors (Lipinski definition) is 1. The molecule has 0 amide bonds. The fourth-order valence-electron chi connectivity index (χ4n) is 1.95. The summed E-state index contributed by atoms with van der Waals surface area (Å²) >= 11 is 0. The van der Waals surface area contributed by atoms with Crippen LogP contribution in [0, 0.1) is 6.92 Å². The Bertz CT molecular complexity index is 522. The molecule has 0 saturated carbocycles. The zero-order valence-electron chi connectivity index (χ0n) is 9.07. The molecule has 80 valence electrons. The minimum Gasteiger partial charge on any atom is -0.307 e. The number of nitrogens with zero attached hydrogens (tertiary/aromatic N) is 3. The summed E-state index contributed by atoms with van der Waals surface area (Å²) < 4.78 is 0. The maximum Gasteiger partial charge on any atom is 0.178 e. The first-order valence-corrected chi connectivity index (χ1v) is 5.33. The highest BCUT2D eigenvalue weighted by Gasteiger charge is 2.17. The van der Waals surface area contributed by atoms with E-state index in [-0.39, 0.29) is 0 Å². The van der Waals surface area contributed by atoms with Crippen molar-refractivity contribution in [1.29, 1.82) is 0 Å². The maximum atomic E-state index is 4.55. The van der Waals surface area contributed by atoms with Crippen molar-refractivity contribution >= 4 is 0 Å². The van der Waals surface area contributed by atoms with Crippen molar-refractivity contribution in [2.45, 2.75) is 20.0 Å². The maximum absolute atomic E-state index is 4.55. The number of fused-ring (bicyclic) bond motifs is 1. The highest BCUT2D eigenvalue weighted by Crippen LogP contribution is 2.20. The SMILES string of the molecule is Cc1nc(-c2ccccn2)nc2c1CNC2. The van der Waals surface area contributed by atoms with Crippen LogP contribution in [0.5, 0.6) is 0 Å². The summed E-state index contributed by atoms with van der Waals surface area (Å²) in [5, 5.41) is 3.28. The van der Waals surface area contributed by atoms with Gasteiger partial charge in [0, 0.05) is 30.5 Å². The van der Waals surface area contributed by atoms with Crippen LogP contribution in [-0.2, 0) is 13.1 Å². The van der Waals surface area contributed by atoms with E-state index in [1.54, 1.807) is 6.20 Å². The Balaban J connectivity index is 2.13. The van der Waals surface area contributed by atoms with Gasteiger partial charge in [-0.15, -0.1) is 0 Å². The van der Waals surface area contributed by atoms with Crippen molar-refractivity contribution in [3.8, 4) is 11.5 Å². The summed E-state index contributed by atoms with van der Waals surface area (Å²) in [5.41, 5.74) is 4.23. The Kier molecular flexibility index (Phi) is 2.15. The monoisotopic (exact) mass is 212 g/mol. The molecule has 3 heterocycles. The van der Waals surface area contributed by atoms with Gasteiger partial charge in [-0.3, -0.25) is 4.98 Å². The van der Waals surface area contributed by atoms with Gasteiger partial charge in [0.25, 0.3) is 0 Å². The number of hydrogen-bond acceptors (Lipinski definition) is 4. The summed E-state index contributed by atoms with van der Waals surface area (Å²) in [5.74, 6) is 0.723. The van der Waals surface area contributed by atoms with Gasteiger partial charge in [0.2, 0.25) is 0 Å². The predicted molar refractivity (Wildman–Crippen MR) is 60.5 cm³/mol. The molecule has 0 atom stereocenters. The summed E-state index contributed by atoms with van der Waals surface area (Å²) in [7, 11) is 0. The Morgan fingerprint density at radius 2 is 2.12 bits per heavy atom. The average molecular weight is 212 g/mol. The van der Waals surface area contributed by atoms with Crippen LogP contribution in [0.4, 0.5) is 0 Å². The molecule has 16 heavy (non-hydrogen) atoms. The molecule has 0 radical (unpaired) electrons. The van der Waals surface area contributed by atoms with Gasteiger partial charge >= 0.3 is 0 Å². The fourth-order valence-corrected chi connectivity index (χ4v) is 1.95. The molecular formula is C12H12N4. The van der Waals surface area contributed by atoms with Crippen molar-refractivity contribution < 1.29 is 0 Å². The van der Waals surface area contributed by atoms with Crippen molar-refractivity contribution in [2.75, 3.05) is 0 Å². The van der Waals surface area contributed by atoms with Gasteiger partial charge < -0.3 is 5.32 Å². The topological polar surface area (TPSA) is 50.7 Å². The summed E-state index contributed by atoms with van der Waals surface area (Å²) in [6.07, 6.45) is 1.76. The van der Waals surface area contributed by atoms with E-state index in [1.165, 1.54) is 5.56 Å². The van der Waals surface area contributed by atoms with Gasteiger partial charge in [-0.25, -0.2) is 9.97 Å². The summed E-state index contributed by atoms with van der Waals surface area (Å²) in [6.45, 7) is 3.74. The fraction of sp³-hybridized carbons (Fsp3) is 0.250. The first-order chi connectivity index (χ1) is 7.84. The van der Waals surface area contributed by atoms with E-state index < -0.39 is 0 Å². The van der Waals surface area contributed by atoms with Gasteiger partial charge in [0.05, 0.1) is 5.69 Å². The van der Waals surface area contributed by atoms with E-state index in [2.05, 4.69) is 20.3 Å². The molecule has 4 nitrogen and oxygen atoms in total. The number of aryl methyl sites for hydroxylation is 1. The summed E-state index contributed by atoms with van der Waals surface area (Å²) in [6, 6.07) is 5.78. The highest BCUT2D eigenvalue weighted by atomic mass is 15.0. The summed E-state index contributed by atoms with van der Waals surface area (Å²) in [4.78, 5) is 13.3. The first kappa shape index (κ1) is 9.42. The van der Waals surface area contributed by atoms with Gasteiger partial charge in [-0.1, -0.05) is 6.07 Å². The molecule has 3 rings (SSSR count). The molecule has 0 spiro atoms. The number of pyridine rings is 1. The van der Waals surface area contributed by atoms with E-state index in [0.717, 1.165) is 36.0 Å². The zero-order valence-corrected chi connectivity index (χ0v) is 9.07. The lowest BCUT2D eigenvalue weighted by atomic mass is 10.2. The van der Waals surface area contributed by atoms with E-state index in [4.69, 9.17) is 0 Å². The van der Waals surface area contributed by atoms with Crippen LogP contribution in [0.15, 0.2) is 24.4 Å². The average Bonchev–Trinajstić information content (AvgIpc) is 2.79. The van der Waals surface area contributed by atoms with Crippen LogP contribution in [0.25, 0.3) is 11.5 Å². The number of rotatable bonds is 1. The molecule has 1 aliphatic heterocycles. The predicted octanol–water partition coefficient (Wildman–Crippen LogP) is 1.45. The molecular weight excluding hydrogens is 200 g/mol. The second-order valence-electron chi connectivity index (χ2n) is 3.88. The molecule has 1 aliphatic rings. The van der Waals surface area contributed by atoms with Crippen molar-refractivity contribution in [1.82, 2.24) is 20.3 Å². The zero-order chi connectivity index (χ0) is 11.0. The second-order valence-corrected chi connectivity index (χ2v) is 3.88. The van der Waals surface area contributed by atoms with Crippen LogP contribution in [0.3, 0.4) is 0 Å². The lowest BCUT2D eigenvalue weighted by Crippen LogP contribution is -2.00. The van der Waals surface area contributed by atoms with Crippen molar-refractivity contribution in [3.05, 3.63) is 41.3 Å². The lowest BCUT2D eigenvalue weighted by molar-refractivity contribution is 0.757. The van der Waals surface area contributed by atoms with Crippen LogP contribution < -0.4 is 5.32 Å². The molecule has 0 saturated heterocycles. The smallest absolute Gasteiger partial charge is 0.178 e. The first-order valence-electron chi connectivity index (χ1n) is 5.33. The third kappa shape index (κ3) is 1.47. The molecule has 2 aromatic rings. The van der Waals surface area contributed by atoms with Gasteiger partial charge in [0.1, 0.15) is 5.69 Å². The van der Waals surface area contributed by atoms with Gasteiger partial charge in [-0.2, -0.15) is 0 Å². The second kappa shape index (κ2) is 3.64. The minimum atomic E-state index is 0.723. The standard InChI is InChI=1S/C12H12N4/c1-8-9-6-13-7-11(9)16-12(15-8)10-4-2-3-5-14-10/h2-5,13H,6-7H2,1H3. The molecule has 0 aliphatic carbocycles.